The number of hydrogen-bond acceptors (Lipinski definition) is 3. The van der Waals surface area contributed by atoms with Crippen molar-refractivity contribution in [2.75, 3.05) is 13.2 Å². The van der Waals surface area contributed by atoms with E-state index in [1.54, 1.807) is 0 Å². The van der Waals surface area contributed by atoms with Crippen LogP contribution in [0.4, 0.5) is 0 Å². The molecule has 126 valence electrons. The molecule has 1 N–H and O–H groups in total. The third kappa shape index (κ3) is 4.70. The first-order valence-corrected chi connectivity index (χ1v) is 9.36. The number of nitrogens with one attached hydrogen (secondary N) is 1. The van der Waals surface area contributed by atoms with Crippen molar-refractivity contribution in [3.8, 4) is 5.75 Å². The van der Waals surface area contributed by atoms with Crippen LogP contribution in [0.5, 0.6) is 5.75 Å². The van der Waals surface area contributed by atoms with Crippen LogP contribution in [0.2, 0.25) is 0 Å². The van der Waals surface area contributed by atoms with Crippen LogP contribution in [-0.2, 0) is 4.74 Å². The van der Waals surface area contributed by atoms with Crippen molar-refractivity contribution in [2.45, 2.75) is 57.1 Å². The van der Waals surface area contributed by atoms with Crippen LogP contribution in [-0.4, -0.2) is 31.3 Å². The van der Waals surface area contributed by atoms with Gasteiger partial charge in [-0.1, -0.05) is 19.3 Å². The predicted octanol–water partition coefficient (Wildman–Crippen LogP) is 4.07. The van der Waals surface area contributed by atoms with Crippen molar-refractivity contribution in [1.82, 2.24) is 5.32 Å². The second-order valence-electron chi connectivity index (χ2n) is 6.40. The summed E-state index contributed by atoms with van der Waals surface area (Å²) in [4.78, 5) is 12.4. The number of halogens is 1. The lowest BCUT2D eigenvalue weighted by atomic mass is 9.95. The molecule has 4 nitrogen and oxygen atoms in total. The van der Waals surface area contributed by atoms with E-state index >= 15 is 0 Å². The highest BCUT2D eigenvalue weighted by atomic mass is 79.9. The minimum Gasteiger partial charge on any atom is -0.490 e. The molecule has 1 aromatic rings. The Morgan fingerprint density at radius 2 is 2.04 bits per heavy atom. The molecule has 0 radical (unpaired) electrons. The Labute approximate surface area is 146 Å². The van der Waals surface area contributed by atoms with E-state index in [0.717, 1.165) is 42.5 Å². The monoisotopic (exact) mass is 381 g/mol. The fourth-order valence-corrected chi connectivity index (χ4v) is 3.73. The van der Waals surface area contributed by atoms with Crippen molar-refractivity contribution in [3.63, 3.8) is 0 Å². The zero-order chi connectivity index (χ0) is 16.1. The number of rotatable bonds is 5. The molecular weight excluding hydrogens is 358 g/mol. The number of ether oxygens (including phenoxy) is 2. The summed E-state index contributed by atoms with van der Waals surface area (Å²) in [6.07, 6.45) is 8.25. The first-order valence-electron chi connectivity index (χ1n) is 8.57. The first kappa shape index (κ1) is 16.8. The molecule has 1 saturated carbocycles. The molecule has 0 unspecified atom stereocenters. The van der Waals surface area contributed by atoms with Crippen LogP contribution >= 0.6 is 15.9 Å². The Hall–Kier alpha value is -1.07. The second-order valence-corrected chi connectivity index (χ2v) is 7.25. The Bertz CT molecular complexity index is 537. The van der Waals surface area contributed by atoms with Gasteiger partial charge in [-0.15, -0.1) is 0 Å². The zero-order valence-corrected chi connectivity index (χ0v) is 14.9. The Morgan fingerprint density at radius 3 is 2.74 bits per heavy atom. The molecule has 2 fully saturated rings. The molecule has 1 saturated heterocycles. The predicted molar refractivity (Wildman–Crippen MR) is 93.0 cm³/mol. The summed E-state index contributed by atoms with van der Waals surface area (Å²) in [6.45, 7) is 1.39. The number of hydrogen-bond donors (Lipinski definition) is 1. The van der Waals surface area contributed by atoms with Crippen LogP contribution in [0.15, 0.2) is 22.7 Å². The van der Waals surface area contributed by atoms with E-state index < -0.39 is 0 Å². The summed E-state index contributed by atoms with van der Waals surface area (Å²) >= 11 is 3.50. The molecule has 3 rings (SSSR count). The summed E-state index contributed by atoms with van der Waals surface area (Å²) in [7, 11) is 0. The quantitative estimate of drug-likeness (QED) is 0.835. The van der Waals surface area contributed by atoms with E-state index in [1.165, 1.54) is 19.3 Å². The SMILES string of the molecule is O=C(NC1CCCCC1)c1ccc(OC[C@@H]2CCCO2)c(Br)c1. The summed E-state index contributed by atoms with van der Waals surface area (Å²) in [5.41, 5.74) is 0.673. The molecule has 5 heteroatoms. The van der Waals surface area contributed by atoms with Crippen LogP contribution < -0.4 is 10.1 Å². The normalized spacial score (nSPS) is 22.0. The zero-order valence-electron chi connectivity index (χ0n) is 13.4. The van der Waals surface area contributed by atoms with Crippen LogP contribution in [0.3, 0.4) is 0 Å². The lowest BCUT2D eigenvalue weighted by Gasteiger charge is -2.22. The minimum atomic E-state index is 0.00303. The Morgan fingerprint density at radius 1 is 1.22 bits per heavy atom. The Kier molecular flexibility index (Phi) is 5.95. The number of carbonyl (C=O) groups is 1. The molecule has 0 bridgehead atoms. The smallest absolute Gasteiger partial charge is 0.251 e. The van der Waals surface area contributed by atoms with Gasteiger partial charge in [0.15, 0.2) is 0 Å². The van der Waals surface area contributed by atoms with Crippen molar-refractivity contribution >= 4 is 21.8 Å². The third-order valence-corrected chi connectivity index (χ3v) is 5.20. The summed E-state index contributed by atoms with van der Waals surface area (Å²) < 4.78 is 12.2. The van der Waals surface area contributed by atoms with E-state index in [2.05, 4.69) is 21.2 Å². The first-order chi connectivity index (χ1) is 11.2. The maximum atomic E-state index is 12.4. The molecule has 0 aromatic heterocycles. The van der Waals surface area contributed by atoms with E-state index in [0.29, 0.717) is 18.2 Å². The average molecular weight is 382 g/mol. The molecule has 1 amide bonds. The van der Waals surface area contributed by atoms with Gasteiger partial charge in [-0.05, 0) is 59.8 Å². The summed E-state index contributed by atoms with van der Waals surface area (Å²) in [5, 5.41) is 3.14. The van der Waals surface area contributed by atoms with E-state index in [9.17, 15) is 4.79 Å². The molecule has 1 aliphatic carbocycles. The van der Waals surface area contributed by atoms with Crippen LogP contribution in [0.25, 0.3) is 0 Å². The molecular formula is C18H24BrNO3. The molecule has 2 aliphatic rings. The number of carbonyl (C=O) groups excluding carboxylic acids is 1. The maximum absolute atomic E-state index is 12.4. The van der Waals surface area contributed by atoms with Gasteiger partial charge in [-0.3, -0.25) is 4.79 Å². The average Bonchev–Trinajstić information content (AvgIpc) is 3.08. The van der Waals surface area contributed by atoms with Crippen molar-refractivity contribution in [2.24, 2.45) is 0 Å². The van der Waals surface area contributed by atoms with Crippen molar-refractivity contribution in [3.05, 3.63) is 28.2 Å². The highest BCUT2D eigenvalue weighted by Gasteiger charge is 2.19. The molecule has 1 aromatic carbocycles. The van der Waals surface area contributed by atoms with Gasteiger partial charge in [0.05, 0.1) is 10.6 Å². The van der Waals surface area contributed by atoms with Gasteiger partial charge in [0.2, 0.25) is 0 Å². The highest BCUT2D eigenvalue weighted by Crippen LogP contribution is 2.27. The fourth-order valence-electron chi connectivity index (χ4n) is 3.23. The lowest BCUT2D eigenvalue weighted by molar-refractivity contribution is 0.0676. The number of benzene rings is 1. The second kappa shape index (κ2) is 8.15. The lowest BCUT2D eigenvalue weighted by Crippen LogP contribution is -2.36. The topological polar surface area (TPSA) is 47.6 Å². The molecule has 1 heterocycles. The Balaban J connectivity index is 1.55. The van der Waals surface area contributed by atoms with Crippen LogP contribution in [0, 0.1) is 0 Å². The fraction of sp³-hybridized carbons (Fsp3) is 0.611. The standard InChI is InChI=1S/C18H24BrNO3/c19-16-11-13(18(21)20-14-5-2-1-3-6-14)8-9-17(16)23-12-15-7-4-10-22-15/h8-9,11,14-15H,1-7,10,12H2,(H,20,21)/t15-/m0/s1. The molecule has 1 atom stereocenters. The molecule has 23 heavy (non-hydrogen) atoms. The molecule has 1 aliphatic heterocycles. The van der Waals surface area contributed by atoms with Gasteiger partial charge < -0.3 is 14.8 Å². The minimum absolute atomic E-state index is 0.00303. The summed E-state index contributed by atoms with van der Waals surface area (Å²) in [5.74, 6) is 0.762. The van der Waals surface area contributed by atoms with Gasteiger partial charge in [-0.2, -0.15) is 0 Å². The van der Waals surface area contributed by atoms with E-state index in [-0.39, 0.29) is 12.0 Å². The highest BCUT2D eigenvalue weighted by molar-refractivity contribution is 9.10. The molecule has 0 spiro atoms. The van der Waals surface area contributed by atoms with Gasteiger partial charge in [0.1, 0.15) is 12.4 Å². The van der Waals surface area contributed by atoms with Gasteiger partial charge in [0, 0.05) is 18.2 Å². The maximum Gasteiger partial charge on any atom is 0.251 e. The van der Waals surface area contributed by atoms with E-state index in [1.807, 2.05) is 18.2 Å². The van der Waals surface area contributed by atoms with E-state index in [4.69, 9.17) is 9.47 Å². The van der Waals surface area contributed by atoms with Gasteiger partial charge in [0.25, 0.3) is 5.91 Å². The van der Waals surface area contributed by atoms with Gasteiger partial charge >= 0.3 is 0 Å². The third-order valence-electron chi connectivity index (χ3n) is 4.58. The van der Waals surface area contributed by atoms with Crippen LogP contribution in [0.1, 0.15) is 55.3 Å². The van der Waals surface area contributed by atoms with Crippen molar-refractivity contribution in [1.29, 1.82) is 0 Å². The number of amides is 1. The largest absolute Gasteiger partial charge is 0.490 e. The van der Waals surface area contributed by atoms with Crippen molar-refractivity contribution < 1.29 is 14.3 Å². The summed E-state index contributed by atoms with van der Waals surface area (Å²) in [6, 6.07) is 5.84. The van der Waals surface area contributed by atoms with Gasteiger partial charge in [-0.25, -0.2) is 0 Å².